The van der Waals surface area contributed by atoms with E-state index in [9.17, 15) is 9.59 Å². The molecule has 120 valence electrons. The average Bonchev–Trinajstić information content (AvgIpc) is 2.54. The summed E-state index contributed by atoms with van der Waals surface area (Å²) in [6, 6.07) is 10.9. The molecule has 0 aliphatic rings. The minimum atomic E-state index is -0.483. The van der Waals surface area contributed by atoms with Crippen LogP contribution in [0.1, 0.15) is 10.4 Å². The molecule has 0 atom stereocenters. The molecule has 4 N–H and O–H groups in total. The predicted molar refractivity (Wildman–Crippen MR) is 90.5 cm³/mol. The number of hydrogen-bond acceptors (Lipinski definition) is 4. The maximum absolute atomic E-state index is 12.1. The number of urea groups is 1. The third-order valence-corrected chi connectivity index (χ3v) is 3.27. The number of halogens is 1. The van der Waals surface area contributed by atoms with Crippen molar-refractivity contribution in [2.75, 3.05) is 24.3 Å². The Kier molecular flexibility index (Phi) is 5.56. The molecular formula is C16H16ClN3O3. The van der Waals surface area contributed by atoms with Gasteiger partial charge in [0.25, 0.3) is 0 Å². The zero-order valence-corrected chi connectivity index (χ0v) is 13.2. The highest BCUT2D eigenvalue weighted by atomic mass is 35.5. The summed E-state index contributed by atoms with van der Waals surface area (Å²) in [7, 11) is 1.49. The highest BCUT2D eigenvalue weighted by Crippen LogP contribution is 2.27. The van der Waals surface area contributed by atoms with Crippen molar-refractivity contribution in [3.05, 3.63) is 53.1 Å². The first kappa shape index (κ1) is 16.8. The summed E-state index contributed by atoms with van der Waals surface area (Å²) in [4.78, 5) is 23.7. The van der Waals surface area contributed by atoms with Gasteiger partial charge < -0.3 is 21.1 Å². The zero-order chi connectivity index (χ0) is 16.8. The molecule has 0 aliphatic heterocycles. The van der Waals surface area contributed by atoms with Gasteiger partial charge in [0.05, 0.1) is 19.3 Å². The summed E-state index contributed by atoms with van der Waals surface area (Å²) < 4.78 is 5.16. The second kappa shape index (κ2) is 7.62. The summed E-state index contributed by atoms with van der Waals surface area (Å²) in [5.74, 6) is 0.280. The first-order valence-electron chi connectivity index (χ1n) is 6.78. The van der Waals surface area contributed by atoms with Gasteiger partial charge in [-0.15, -0.1) is 0 Å². The van der Waals surface area contributed by atoms with Crippen LogP contribution in [0.4, 0.5) is 16.2 Å². The molecule has 0 bridgehead atoms. The molecular weight excluding hydrogens is 318 g/mol. The highest BCUT2D eigenvalue weighted by Gasteiger charge is 2.10. The Hall–Kier alpha value is -2.57. The molecule has 0 unspecified atom stereocenters. The van der Waals surface area contributed by atoms with E-state index >= 15 is 0 Å². The zero-order valence-electron chi connectivity index (χ0n) is 12.4. The Balaban J connectivity index is 2.11. The number of carbonyl (C=O) groups is 2. The predicted octanol–water partition coefficient (Wildman–Crippen LogP) is 3.13. The minimum absolute atomic E-state index is 0.0879. The van der Waals surface area contributed by atoms with Crippen LogP contribution in [0, 0.1) is 0 Å². The highest BCUT2D eigenvalue weighted by molar-refractivity contribution is 6.31. The third-order valence-electron chi connectivity index (χ3n) is 3.04. The van der Waals surface area contributed by atoms with Crippen LogP contribution in [0.3, 0.4) is 0 Å². The van der Waals surface area contributed by atoms with Crippen LogP contribution in [0.25, 0.3) is 0 Å². The van der Waals surface area contributed by atoms with Crippen molar-refractivity contribution in [1.82, 2.24) is 0 Å². The molecule has 6 nitrogen and oxygen atoms in total. The molecule has 0 heterocycles. The number of ether oxygens (including phenoxy) is 1. The van der Waals surface area contributed by atoms with Gasteiger partial charge in [0, 0.05) is 16.3 Å². The van der Waals surface area contributed by atoms with Gasteiger partial charge in [-0.05, 0) is 30.3 Å². The molecule has 0 saturated heterocycles. The summed E-state index contributed by atoms with van der Waals surface area (Å²) in [5, 5.41) is 5.75. The summed E-state index contributed by atoms with van der Waals surface area (Å²) in [6.45, 7) is -0.0879. The molecule has 0 spiro atoms. The van der Waals surface area contributed by atoms with Crippen LogP contribution in [0.15, 0.2) is 42.5 Å². The second-order valence-corrected chi connectivity index (χ2v) is 5.07. The number of ketones is 1. The van der Waals surface area contributed by atoms with Gasteiger partial charge in [-0.25, -0.2) is 4.79 Å². The SMILES string of the molecule is COc1ccc(Cl)cc1NC(=O)Nc1cccc(C(=O)CN)c1. The van der Waals surface area contributed by atoms with Crippen LogP contribution in [0.2, 0.25) is 5.02 Å². The van der Waals surface area contributed by atoms with Crippen molar-refractivity contribution in [1.29, 1.82) is 0 Å². The third kappa shape index (κ3) is 4.45. The Labute approximate surface area is 138 Å². The van der Waals surface area contributed by atoms with E-state index in [-0.39, 0.29) is 12.3 Å². The van der Waals surface area contributed by atoms with E-state index in [4.69, 9.17) is 22.1 Å². The maximum Gasteiger partial charge on any atom is 0.323 e. The average molecular weight is 334 g/mol. The fourth-order valence-corrected chi connectivity index (χ4v) is 2.12. The van der Waals surface area contributed by atoms with E-state index in [1.807, 2.05) is 0 Å². The van der Waals surface area contributed by atoms with E-state index in [1.165, 1.54) is 7.11 Å². The molecule has 0 aromatic heterocycles. The lowest BCUT2D eigenvalue weighted by Gasteiger charge is -2.12. The first-order chi connectivity index (χ1) is 11.0. The fraction of sp³-hybridized carbons (Fsp3) is 0.125. The number of amides is 2. The van der Waals surface area contributed by atoms with Gasteiger partial charge in [0.2, 0.25) is 0 Å². The molecule has 7 heteroatoms. The van der Waals surface area contributed by atoms with E-state index in [0.717, 1.165) is 0 Å². The monoisotopic (exact) mass is 333 g/mol. The van der Waals surface area contributed by atoms with Crippen molar-refractivity contribution in [3.63, 3.8) is 0 Å². The Morgan fingerprint density at radius 2 is 1.96 bits per heavy atom. The van der Waals surface area contributed by atoms with Gasteiger partial charge >= 0.3 is 6.03 Å². The smallest absolute Gasteiger partial charge is 0.323 e. The van der Waals surface area contributed by atoms with E-state index < -0.39 is 6.03 Å². The van der Waals surface area contributed by atoms with Crippen LogP contribution in [0.5, 0.6) is 5.75 Å². The summed E-state index contributed by atoms with van der Waals surface area (Å²) >= 11 is 5.91. The minimum Gasteiger partial charge on any atom is -0.495 e. The van der Waals surface area contributed by atoms with Gasteiger partial charge in [0.1, 0.15) is 5.75 Å². The lowest BCUT2D eigenvalue weighted by molar-refractivity contribution is 0.100. The molecule has 0 saturated carbocycles. The molecule has 2 aromatic rings. The standard InChI is InChI=1S/C16H16ClN3O3/c1-23-15-6-5-11(17)8-13(15)20-16(22)19-12-4-2-3-10(7-12)14(21)9-18/h2-8H,9,18H2,1H3,(H2,19,20,22). The molecule has 0 radical (unpaired) electrons. The second-order valence-electron chi connectivity index (χ2n) is 4.63. The topological polar surface area (TPSA) is 93.5 Å². The van der Waals surface area contributed by atoms with E-state index in [2.05, 4.69) is 10.6 Å². The number of methoxy groups -OCH3 is 1. The van der Waals surface area contributed by atoms with Crippen molar-refractivity contribution in [3.8, 4) is 5.75 Å². The van der Waals surface area contributed by atoms with Crippen molar-refractivity contribution in [2.24, 2.45) is 5.73 Å². The van der Waals surface area contributed by atoms with E-state index in [0.29, 0.717) is 27.7 Å². The molecule has 0 fully saturated rings. The lowest BCUT2D eigenvalue weighted by atomic mass is 10.1. The van der Waals surface area contributed by atoms with Gasteiger partial charge in [-0.3, -0.25) is 4.79 Å². The van der Waals surface area contributed by atoms with Gasteiger partial charge in [-0.2, -0.15) is 0 Å². The van der Waals surface area contributed by atoms with Crippen LogP contribution >= 0.6 is 11.6 Å². The van der Waals surface area contributed by atoms with Crippen molar-refractivity contribution >= 4 is 34.8 Å². The van der Waals surface area contributed by atoms with Crippen LogP contribution < -0.4 is 21.1 Å². The number of Topliss-reactive ketones (excluding diaryl/α,β-unsaturated/α-hetero) is 1. The lowest BCUT2D eigenvalue weighted by Crippen LogP contribution is -2.20. The van der Waals surface area contributed by atoms with Gasteiger partial charge in [-0.1, -0.05) is 23.7 Å². The number of anilines is 2. The Morgan fingerprint density at radius 1 is 1.17 bits per heavy atom. The molecule has 2 rings (SSSR count). The van der Waals surface area contributed by atoms with E-state index in [1.54, 1.807) is 42.5 Å². The number of hydrogen-bond donors (Lipinski definition) is 3. The number of nitrogens with two attached hydrogens (primary N) is 1. The largest absolute Gasteiger partial charge is 0.495 e. The van der Waals surface area contributed by atoms with Crippen LogP contribution in [-0.2, 0) is 0 Å². The number of carbonyl (C=O) groups excluding carboxylic acids is 2. The Bertz CT molecular complexity index is 734. The molecule has 23 heavy (non-hydrogen) atoms. The normalized spacial score (nSPS) is 10.0. The molecule has 0 aliphatic carbocycles. The number of nitrogens with one attached hydrogen (secondary N) is 2. The quantitative estimate of drug-likeness (QED) is 0.733. The van der Waals surface area contributed by atoms with Crippen molar-refractivity contribution < 1.29 is 14.3 Å². The fourth-order valence-electron chi connectivity index (χ4n) is 1.95. The van der Waals surface area contributed by atoms with Gasteiger partial charge in [0.15, 0.2) is 5.78 Å². The molecule has 2 amide bonds. The van der Waals surface area contributed by atoms with Crippen molar-refractivity contribution in [2.45, 2.75) is 0 Å². The van der Waals surface area contributed by atoms with Crippen LogP contribution in [-0.4, -0.2) is 25.5 Å². The summed E-state index contributed by atoms with van der Waals surface area (Å²) in [5.41, 5.74) is 6.68. The number of benzene rings is 2. The first-order valence-corrected chi connectivity index (χ1v) is 7.16. The molecule has 2 aromatic carbocycles. The number of rotatable bonds is 5. The Morgan fingerprint density at radius 3 is 2.65 bits per heavy atom. The maximum atomic E-state index is 12.1. The summed E-state index contributed by atoms with van der Waals surface area (Å²) in [6.07, 6.45) is 0.